The highest BCUT2D eigenvalue weighted by Crippen LogP contribution is 2.30. The van der Waals surface area contributed by atoms with E-state index in [9.17, 15) is 4.39 Å². The third-order valence-electron chi connectivity index (χ3n) is 5.01. The van der Waals surface area contributed by atoms with Crippen molar-refractivity contribution in [3.63, 3.8) is 0 Å². The Labute approximate surface area is 201 Å². The first-order chi connectivity index (χ1) is 14.5. The van der Waals surface area contributed by atoms with Crippen LogP contribution in [0.2, 0.25) is 0 Å². The van der Waals surface area contributed by atoms with Gasteiger partial charge >= 0.3 is 0 Å². The Morgan fingerprint density at radius 3 is 2.71 bits per heavy atom. The van der Waals surface area contributed by atoms with E-state index in [1.54, 1.807) is 12.3 Å². The summed E-state index contributed by atoms with van der Waals surface area (Å²) in [5.41, 5.74) is 1.91. The molecule has 1 fully saturated rings. The smallest absolute Gasteiger partial charge is 0.192 e. The number of halogens is 2. The molecule has 2 aromatic rings. The van der Waals surface area contributed by atoms with Gasteiger partial charge in [0.15, 0.2) is 17.5 Å². The summed E-state index contributed by atoms with van der Waals surface area (Å²) in [4.78, 5) is 11.0. The molecule has 0 amide bonds. The molecule has 31 heavy (non-hydrogen) atoms. The van der Waals surface area contributed by atoms with E-state index in [1.807, 2.05) is 51.0 Å². The van der Waals surface area contributed by atoms with Gasteiger partial charge in [0.2, 0.25) is 0 Å². The highest BCUT2D eigenvalue weighted by Gasteiger charge is 2.22. The Hall–Kier alpha value is -2.10. The highest BCUT2D eigenvalue weighted by atomic mass is 127. The lowest BCUT2D eigenvalue weighted by atomic mass is 10.1. The summed E-state index contributed by atoms with van der Waals surface area (Å²) in [6, 6.07) is 9.03. The van der Waals surface area contributed by atoms with Crippen molar-refractivity contribution in [1.82, 2.24) is 15.6 Å². The summed E-state index contributed by atoms with van der Waals surface area (Å²) in [5, 5.41) is 6.61. The maximum Gasteiger partial charge on any atom is 0.192 e. The van der Waals surface area contributed by atoms with Gasteiger partial charge in [-0.05, 0) is 68.0 Å². The zero-order chi connectivity index (χ0) is 21.5. The Morgan fingerprint density at radius 2 is 2.06 bits per heavy atom. The van der Waals surface area contributed by atoms with Crippen molar-refractivity contribution in [1.29, 1.82) is 0 Å². The molecule has 8 heteroatoms. The number of benzene rings is 1. The van der Waals surface area contributed by atoms with Crippen LogP contribution < -0.4 is 20.3 Å². The largest absolute Gasteiger partial charge is 0.490 e. The van der Waals surface area contributed by atoms with Crippen molar-refractivity contribution in [2.75, 3.05) is 32.1 Å². The summed E-state index contributed by atoms with van der Waals surface area (Å²) in [5.74, 6) is 2.18. The quantitative estimate of drug-likeness (QED) is 0.278. The van der Waals surface area contributed by atoms with Gasteiger partial charge < -0.3 is 20.3 Å². The number of hydrogen-bond donors (Lipinski definition) is 2. The first kappa shape index (κ1) is 25.2. The van der Waals surface area contributed by atoms with Crippen LogP contribution in [0, 0.1) is 11.7 Å². The molecule has 1 saturated carbocycles. The molecule has 0 bridgehead atoms. The summed E-state index contributed by atoms with van der Waals surface area (Å²) in [6.45, 7) is 5.87. The number of nitrogens with zero attached hydrogens (tertiary/aromatic N) is 3. The van der Waals surface area contributed by atoms with E-state index in [2.05, 4.69) is 20.6 Å². The van der Waals surface area contributed by atoms with E-state index in [0.29, 0.717) is 30.8 Å². The van der Waals surface area contributed by atoms with Crippen LogP contribution in [0.1, 0.15) is 43.9 Å². The van der Waals surface area contributed by atoms with Crippen LogP contribution in [0.25, 0.3) is 0 Å². The van der Waals surface area contributed by atoms with Gasteiger partial charge in [-0.1, -0.05) is 6.07 Å². The van der Waals surface area contributed by atoms with Crippen LogP contribution in [0.4, 0.5) is 10.2 Å². The van der Waals surface area contributed by atoms with E-state index >= 15 is 0 Å². The number of anilines is 1. The van der Waals surface area contributed by atoms with Crippen LogP contribution in [0.15, 0.2) is 41.5 Å². The molecule has 1 heterocycles. The Balaban J connectivity index is 0.00000341. The Bertz CT molecular complexity index is 873. The lowest BCUT2D eigenvalue weighted by Gasteiger charge is -2.19. The van der Waals surface area contributed by atoms with Crippen molar-refractivity contribution in [3.8, 4) is 5.75 Å². The monoisotopic (exact) mass is 541 g/mol. The van der Waals surface area contributed by atoms with Crippen molar-refractivity contribution >= 4 is 35.8 Å². The number of guanidine groups is 1. The molecule has 0 spiro atoms. The molecule has 170 valence electrons. The summed E-state index contributed by atoms with van der Waals surface area (Å²) in [6.07, 6.45) is 4.16. The molecular weight excluding hydrogens is 508 g/mol. The summed E-state index contributed by atoms with van der Waals surface area (Å²) >= 11 is 0. The molecule has 0 saturated heterocycles. The predicted octanol–water partition coefficient (Wildman–Crippen LogP) is 4.51. The SMILES string of the molecule is CCNC(=NCc1ccnc(N(C)C)c1)NC(C)c1ccc(OCC2CC2)c(F)c1.I. The summed E-state index contributed by atoms with van der Waals surface area (Å²) < 4.78 is 20.0. The molecule has 0 radical (unpaired) electrons. The lowest BCUT2D eigenvalue weighted by Crippen LogP contribution is -2.38. The number of aliphatic imine (C=N–C) groups is 1. The van der Waals surface area contributed by atoms with E-state index < -0.39 is 0 Å². The molecule has 1 aliphatic rings. The van der Waals surface area contributed by atoms with Crippen molar-refractivity contribution in [3.05, 3.63) is 53.5 Å². The number of rotatable bonds is 9. The molecule has 1 unspecified atom stereocenters. The van der Waals surface area contributed by atoms with Gasteiger partial charge in [-0.15, -0.1) is 24.0 Å². The van der Waals surface area contributed by atoms with Crippen LogP contribution in [0.3, 0.4) is 0 Å². The maximum absolute atomic E-state index is 14.4. The van der Waals surface area contributed by atoms with E-state index in [-0.39, 0.29) is 35.8 Å². The fourth-order valence-electron chi connectivity index (χ4n) is 2.98. The number of nitrogens with one attached hydrogen (secondary N) is 2. The zero-order valence-corrected chi connectivity index (χ0v) is 21.0. The van der Waals surface area contributed by atoms with E-state index in [4.69, 9.17) is 4.74 Å². The van der Waals surface area contributed by atoms with Gasteiger partial charge in [-0.2, -0.15) is 0 Å². The fourth-order valence-corrected chi connectivity index (χ4v) is 2.98. The van der Waals surface area contributed by atoms with Gasteiger partial charge in [0.25, 0.3) is 0 Å². The Kier molecular flexibility index (Phi) is 9.80. The molecule has 0 aliphatic heterocycles. The zero-order valence-electron chi connectivity index (χ0n) is 18.7. The standard InChI is InChI=1S/C23H32FN5O.HI/c1-5-25-23(27-14-18-10-11-26-22(12-18)29(3)4)28-16(2)19-8-9-21(20(24)13-19)30-15-17-6-7-17;/h8-13,16-17H,5-7,14-15H2,1-4H3,(H2,25,27,28);1H. The van der Waals surface area contributed by atoms with Gasteiger partial charge in [0.05, 0.1) is 19.2 Å². The minimum atomic E-state index is -0.322. The van der Waals surface area contributed by atoms with Gasteiger partial charge in [-0.25, -0.2) is 14.4 Å². The summed E-state index contributed by atoms with van der Waals surface area (Å²) in [7, 11) is 3.92. The highest BCUT2D eigenvalue weighted by molar-refractivity contribution is 14.0. The molecule has 1 atom stereocenters. The average Bonchev–Trinajstić information content (AvgIpc) is 3.56. The Morgan fingerprint density at radius 1 is 1.29 bits per heavy atom. The fraction of sp³-hybridized carbons (Fsp3) is 0.478. The van der Waals surface area contributed by atoms with Crippen molar-refractivity contribution < 1.29 is 9.13 Å². The number of ether oxygens (including phenoxy) is 1. The minimum absolute atomic E-state index is 0. The minimum Gasteiger partial charge on any atom is -0.490 e. The van der Waals surface area contributed by atoms with Crippen LogP contribution >= 0.6 is 24.0 Å². The van der Waals surface area contributed by atoms with E-state index in [1.165, 1.54) is 18.9 Å². The first-order valence-corrected chi connectivity index (χ1v) is 10.6. The predicted molar refractivity (Wildman–Crippen MR) is 135 cm³/mol. The van der Waals surface area contributed by atoms with Crippen LogP contribution in [-0.2, 0) is 6.54 Å². The number of aromatic nitrogens is 1. The first-order valence-electron chi connectivity index (χ1n) is 10.6. The topological polar surface area (TPSA) is 61.8 Å². The molecule has 1 aromatic carbocycles. The molecule has 3 rings (SSSR count). The number of hydrogen-bond acceptors (Lipinski definition) is 4. The molecule has 2 N–H and O–H groups in total. The normalized spacial score (nSPS) is 14.4. The number of pyridine rings is 1. The van der Waals surface area contributed by atoms with Gasteiger partial charge in [-0.3, -0.25) is 0 Å². The second-order valence-electron chi connectivity index (χ2n) is 7.92. The average molecular weight is 541 g/mol. The third-order valence-corrected chi connectivity index (χ3v) is 5.01. The maximum atomic E-state index is 14.4. The van der Waals surface area contributed by atoms with Gasteiger partial charge in [0.1, 0.15) is 5.82 Å². The van der Waals surface area contributed by atoms with Crippen molar-refractivity contribution in [2.45, 2.75) is 39.3 Å². The molecule has 6 nitrogen and oxygen atoms in total. The van der Waals surface area contributed by atoms with Gasteiger partial charge in [0, 0.05) is 26.8 Å². The second-order valence-corrected chi connectivity index (χ2v) is 7.92. The van der Waals surface area contributed by atoms with Crippen LogP contribution in [-0.4, -0.2) is 38.2 Å². The lowest BCUT2D eigenvalue weighted by molar-refractivity contribution is 0.285. The van der Waals surface area contributed by atoms with Crippen molar-refractivity contribution in [2.24, 2.45) is 10.9 Å². The van der Waals surface area contributed by atoms with Crippen LogP contribution in [0.5, 0.6) is 5.75 Å². The molecule has 1 aliphatic carbocycles. The molecular formula is C23H33FIN5O. The second kappa shape index (κ2) is 12.1. The van der Waals surface area contributed by atoms with E-state index in [0.717, 1.165) is 23.5 Å². The molecule has 1 aromatic heterocycles. The third kappa shape index (κ3) is 7.83.